The average molecular weight is 402 g/mol. The molecule has 0 heterocycles. The van der Waals surface area contributed by atoms with Gasteiger partial charge < -0.3 is 4.74 Å². The Balaban J connectivity index is 1.98. The van der Waals surface area contributed by atoms with Crippen molar-refractivity contribution in [3.63, 3.8) is 0 Å². The molecule has 0 fully saturated rings. The highest BCUT2D eigenvalue weighted by atomic mass is 19.4. The Morgan fingerprint density at radius 3 is 2.04 bits per heavy atom. The van der Waals surface area contributed by atoms with Crippen LogP contribution in [0.4, 0.5) is 30.7 Å². The molecule has 2 aromatic rings. The monoisotopic (exact) mass is 402 g/mol. The van der Waals surface area contributed by atoms with E-state index in [-0.39, 0.29) is 6.08 Å². The van der Waals surface area contributed by atoms with E-state index in [1.165, 1.54) is 12.1 Å². The van der Waals surface area contributed by atoms with Gasteiger partial charge in [-0.05, 0) is 29.3 Å². The minimum absolute atomic E-state index is 0.108. The molecule has 0 amide bonds. The van der Waals surface area contributed by atoms with Gasteiger partial charge in [-0.1, -0.05) is 30.3 Å². The molecule has 28 heavy (non-hydrogen) atoms. The maximum atomic E-state index is 14.6. The summed E-state index contributed by atoms with van der Waals surface area (Å²) in [5, 5.41) is 0. The van der Waals surface area contributed by atoms with Crippen LogP contribution in [0.3, 0.4) is 0 Å². The van der Waals surface area contributed by atoms with E-state index in [1.54, 1.807) is 18.2 Å². The van der Waals surface area contributed by atoms with E-state index in [4.69, 9.17) is 4.74 Å². The summed E-state index contributed by atoms with van der Waals surface area (Å²) in [4.78, 5) is 0. The second kappa shape index (κ2) is 7.43. The Bertz CT molecular complexity index is 911. The smallest absolute Gasteiger partial charge is 0.356 e. The van der Waals surface area contributed by atoms with Gasteiger partial charge in [0, 0.05) is 18.1 Å². The first kappa shape index (κ1) is 20.1. The molecular formula is C20H13F7O. The first-order chi connectivity index (χ1) is 13.1. The Kier molecular flexibility index (Phi) is 5.34. The van der Waals surface area contributed by atoms with Crippen LogP contribution in [0.15, 0.2) is 66.3 Å². The predicted molar refractivity (Wildman–Crippen MR) is 88.2 cm³/mol. The van der Waals surface area contributed by atoms with Gasteiger partial charge in [-0.3, -0.25) is 0 Å². The third-order valence-corrected chi connectivity index (χ3v) is 4.26. The summed E-state index contributed by atoms with van der Waals surface area (Å²) in [6.45, 7) is -0.540. The summed E-state index contributed by atoms with van der Waals surface area (Å²) in [6.07, 6.45) is -6.38. The number of hydrogen-bond donors (Lipinski definition) is 0. The molecule has 8 heteroatoms. The van der Waals surface area contributed by atoms with Crippen molar-refractivity contribution in [1.82, 2.24) is 0 Å². The fourth-order valence-corrected chi connectivity index (χ4v) is 2.91. The number of alkyl halides is 3. The molecule has 0 radical (unpaired) electrons. The van der Waals surface area contributed by atoms with Crippen molar-refractivity contribution in [2.75, 3.05) is 0 Å². The topological polar surface area (TPSA) is 9.23 Å². The molecule has 0 spiro atoms. The lowest BCUT2D eigenvalue weighted by molar-refractivity contribution is -0.262. The second-order valence-corrected chi connectivity index (χ2v) is 6.27. The SMILES string of the molecule is FC1=CC(OCc2ccccc2)(C(F)(F)F)CC(F)=C1c1cc(F)cc(F)c1. The van der Waals surface area contributed by atoms with E-state index in [9.17, 15) is 30.7 Å². The molecule has 0 saturated carbocycles. The average Bonchev–Trinajstić information content (AvgIpc) is 2.58. The van der Waals surface area contributed by atoms with Gasteiger partial charge >= 0.3 is 6.18 Å². The van der Waals surface area contributed by atoms with Crippen molar-refractivity contribution in [3.05, 3.63) is 89.0 Å². The molecule has 1 aliphatic rings. The summed E-state index contributed by atoms with van der Waals surface area (Å²) in [7, 11) is 0. The molecule has 1 atom stereocenters. The number of benzene rings is 2. The van der Waals surface area contributed by atoms with Crippen LogP contribution in [0.25, 0.3) is 5.57 Å². The molecule has 0 bridgehead atoms. The van der Waals surface area contributed by atoms with Gasteiger partial charge in [0.2, 0.25) is 0 Å². The van der Waals surface area contributed by atoms with Crippen LogP contribution in [0, 0.1) is 11.6 Å². The Morgan fingerprint density at radius 2 is 1.50 bits per heavy atom. The third-order valence-electron chi connectivity index (χ3n) is 4.26. The van der Waals surface area contributed by atoms with Gasteiger partial charge in [-0.25, -0.2) is 17.6 Å². The summed E-state index contributed by atoms with van der Waals surface area (Å²) >= 11 is 0. The minimum Gasteiger partial charge on any atom is -0.356 e. The van der Waals surface area contributed by atoms with Crippen molar-refractivity contribution in [2.45, 2.75) is 24.8 Å². The molecule has 1 aliphatic carbocycles. The van der Waals surface area contributed by atoms with E-state index in [1.807, 2.05) is 0 Å². The fourth-order valence-electron chi connectivity index (χ4n) is 2.91. The molecule has 148 valence electrons. The van der Waals surface area contributed by atoms with Crippen LogP contribution < -0.4 is 0 Å². The fraction of sp³-hybridized carbons (Fsp3) is 0.200. The zero-order valence-corrected chi connectivity index (χ0v) is 14.2. The highest BCUT2D eigenvalue weighted by molar-refractivity contribution is 5.80. The molecule has 0 aromatic heterocycles. The molecule has 1 nitrogen and oxygen atoms in total. The van der Waals surface area contributed by atoms with E-state index < -0.39 is 59.2 Å². The minimum atomic E-state index is -5.13. The van der Waals surface area contributed by atoms with Gasteiger partial charge in [0.1, 0.15) is 23.3 Å². The zero-order chi connectivity index (χ0) is 20.5. The van der Waals surface area contributed by atoms with Gasteiger partial charge in [0.15, 0.2) is 5.60 Å². The maximum absolute atomic E-state index is 14.6. The third kappa shape index (κ3) is 3.96. The van der Waals surface area contributed by atoms with E-state index in [0.717, 1.165) is 0 Å². The summed E-state index contributed by atoms with van der Waals surface area (Å²) in [6, 6.07) is 9.56. The van der Waals surface area contributed by atoms with Crippen LogP contribution in [-0.2, 0) is 11.3 Å². The number of rotatable bonds is 4. The van der Waals surface area contributed by atoms with Crippen LogP contribution in [0.5, 0.6) is 0 Å². The van der Waals surface area contributed by atoms with Crippen molar-refractivity contribution >= 4 is 5.57 Å². The predicted octanol–water partition coefficient (Wildman–Crippen LogP) is 6.42. The molecule has 0 saturated heterocycles. The lowest BCUT2D eigenvalue weighted by Gasteiger charge is -2.35. The highest BCUT2D eigenvalue weighted by Crippen LogP contribution is 2.48. The summed E-state index contributed by atoms with van der Waals surface area (Å²) < 4.78 is 102. The Hall–Kier alpha value is -2.61. The van der Waals surface area contributed by atoms with Crippen LogP contribution in [0.2, 0.25) is 0 Å². The lowest BCUT2D eigenvalue weighted by atomic mass is 9.86. The van der Waals surface area contributed by atoms with Gasteiger partial charge in [0.05, 0.1) is 6.61 Å². The van der Waals surface area contributed by atoms with Crippen molar-refractivity contribution in [1.29, 1.82) is 0 Å². The van der Waals surface area contributed by atoms with Crippen molar-refractivity contribution in [2.24, 2.45) is 0 Å². The Morgan fingerprint density at radius 1 is 0.893 bits per heavy atom. The van der Waals surface area contributed by atoms with Crippen molar-refractivity contribution < 1.29 is 35.5 Å². The van der Waals surface area contributed by atoms with E-state index in [2.05, 4.69) is 0 Å². The van der Waals surface area contributed by atoms with Crippen LogP contribution in [0.1, 0.15) is 17.5 Å². The molecule has 3 rings (SSSR count). The van der Waals surface area contributed by atoms with Gasteiger partial charge in [0.25, 0.3) is 0 Å². The molecule has 0 aliphatic heterocycles. The van der Waals surface area contributed by atoms with Crippen LogP contribution in [-0.4, -0.2) is 11.8 Å². The molecule has 1 unspecified atom stereocenters. The lowest BCUT2D eigenvalue weighted by Crippen LogP contribution is -2.47. The van der Waals surface area contributed by atoms with Gasteiger partial charge in [-0.15, -0.1) is 0 Å². The molecular weight excluding hydrogens is 389 g/mol. The Labute approximate surface area is 155 Å². The summed E-state index contributed by atoms with van der Waals surface area (Å²) in [5.74, 6) is -5.36. The first-order valence-electron chi connectivity index (χ1n) is 8.10. The summed E-state index contributed by atoms with van der Waals surface area (Å²) in [5.41, 5.74) is -4.33. The van der Waals surface area contributed by atoms with Crippen LogP contribution >= 0.6 is 0 Å². The highest BCUT2D eigenvalue weighted by Gasteiger charge is 2.57. The quantitative estimate of drug-likeness (QED) is 0.536. The normalized spacial score (nSPS) is 20.3. The van der Waals surface area contributed by atoms with Crippen molar-refractivity contribution in [3.8, 4) is 0 Å². The first-order valence-corrected chi connectivity index (χ1v) is 8.10. The number of allylic oxidation sites excluding steroid dienone is 2. The number of halogens is 7. The van der Waals surface area contributed by atoms with E-state index in [0.29, 0.717) is 23.8 Å². The number of hydrogen-bond acceptors (Lipinski definition) is 1. The molecule has 2 aromatic carbocycles. The van der Waals surface area contributed by atoms with Gasteiger partial charge in [-0.2, -0.15) is 13.2 Å². The molecule has 0 N–H and O–H groups in total. The standard InChI is InChI=1S/C20H13F7O/c21-14-6-13(7-15(22)8-14)18-16(23)9-19(10-17(18)24,20(25,26)27)28-11-12-4-2-1-3-5-12/h1-9H,10-11H2. The zero-order valence-electron chi connectivity index (χ0n) is 14.2. The second-order valence-electron chi connectivity index (χ2n) is 6.27. The number of ether oxygens (including phenoxy) is 1. The largest absolute Gasteiger partial charge is 0.421 e. The maximum Gasteiger partial charge on any atom is 0.421 e. The van der Waals surface area contributed by atoms with E-state index >= 15 is 0 Å².